The molecule has 1 heterocycles. The molecule has 0 atom stereocenters. The molecule has 8 nitrogen and oxygen atoms in total. The van der Waals surface area contributed by atoms with Gasteiger partial charge in [0, 0.05) is 31.5 Å². The number of carbonyl (C=O) groups excluding carboxylic acids is 1. The van der Waals surface area contributed by atoms with E-state index in [1.165, 1.54) is 29.2 Å². The van der Waals surface area contributed by atoms with Crippen LogP contribution in [0.25, 0.3) is 0 Å². The highest BCUT2D eigenvalue weighted by atomic mass is 35.5. The molecule has 2 aromatic rings. The number of sulfonamides is 1. The highest BCUT2D eigenvalue weighted by molar-refractivity contribution is 7.89. The molecular formula is C15H23Cl2N5O3S. The van der Waals surface area contributed by atoms with Gasteiger partial charge in [0.25, 0.3) is 5.91 Å². The van der Waals surface area contributed by atoms with Crippen molar-refractivity contribution in [2.24, 2.45) is 5.73 Å². The Labute approximate surface area is 165 Å². The van der Waals surface area contributed by atoms with Crippen LogP contribution in [-0.4, -0.2) is 49.3 Å². The summed E-state index contributed by atoms with van der Waals surface area (Å²) in [4.78, 5) is 21.0. The predicted molar refractivity (Wildman–Crippen MR) is 104 cm³/mol. The highest BCUT2D eigenvalue weighted by Gasteiger charge is 2.16. The Morgan fingerprint density at radius 1 is 1.27 bits per heavy atom. The summed E-state index contributed by atoms with van der Waals surface area (Å²) in [5, 5.41) is 0. The van der Waals surface area contributed by atoms with Gasteiger partial charge in [0.1, 0.15) is 5.82 Å². The molecule has 0 saturated heterocycles. The van der Waals surface area contributed by atoms with Crippen LogP contribution in [0.1, 0.15) is 22.6 Å². The third-order valence-corrected chi connectivity index (χ3v) is 4.85. The van der Waals surface area contributed by atoms with Crippen molar-refractivity contribution in [2.45, 2.75) is 17.9 Å². The molecule has 0 fully saturated rings. The van der Waals surface area contributed by atoms with Crippen LogP contribution >= 0.6 is 24.8 Å². The summed E-state index contributed by atoms with van der Waals surface area (Å²) in [6.07, 6.45) is 3.86. The molecule has 0 spiro atoms. The molecule has 146 valence electrons. The third-order valence-electron chi connectivity index (χ3n) is 3.37. The standard InChI is InChI=1S/C15H21N5O3S.2ClH/c1-20(11-14-17-9-10-18-14)15(21)12-3-5-13(6-4-12)24(22,23)19-8-2-7-16;;/h3-6,9-10,19H,2,7-8,11,16H2,1H3,(H,17,18);2*1H. The Morgan fingerprint density at radius 3 is 2.46 bits per heavy atom. The van der Waals surface area contributed by atoms with Crippen LogP contribution in [0.4, 0.5) is 0 Å². The van der Waals surface area contributed by atoms with Crippen LogP contribution in [-0.2, 0) is 16.6 Å². The van der Waals surface area contributed by atoms with Crippen LogP contribution in [0.3, 0.4) is 0 Å². The zero-order valence-corrected chi connectivity index (χ0v) is 16.7. The van der Waals surface area contributed by atoms with Gasteiger partial charge in [0.2, 0.25) is 10.0 Å². The number of nitrogens with one attached hydrogen (secondary N) is 2. The van der Waals surface area contributed by atoms with E-state index in [0.29, 0.717) is 30.9 Å². The number of hydrogen-bond donors (Lipinski definition) is 3. The Morgan fingerprint density at radius 2 is 1.92 bits per heavy atom. The summed E-state index contributed by atoms with van der Waals surface area (Å²) in [5.74, 6) is 0.459. The fourth-order valence-corrected chi connectivity index (χ4v) is 3.14. The lowest BCUT2D eigenvalue weighted by atomic mass is 10.2. The molecule has 4 N–H and O–H groups in total. The molecule has 2 rings (SSSR count). The average molecular weight is 424 g/mol. The minimum Gasteiger partial charge on any atom is -0.347 e. The Kier molecular flexibility index (Phi) is 10.4. The second kappa shape index (κ2) is 11.1. The van der Waals surface area contributed by atoms with Crippen molar-refractivity contribution in [2.75, 3.05) is 20.1 Å². The Hall–Kier alpha value is -1.65. The molecule has 26 heavy (non-hydrogen) atoms. The topological polar surface area (TPSA) is 121 Å². The zero-order chi connectivity index (χ0) is 17.6. The van der Waals surface area contributed by atoms with Crippen molar-refractivity contribution < 1.29 is 13.2 Å². The summed E-state index contributed by atoms with van der Waals surface area (Å²) >= 11 is 0. The summed E-state index contributed by atoms with van der Waals surface area (Å²) in [6.45, 7) is 1.04. The molecule has 0 aliphatic rings. The van der Waals surface area contributed by atoms with Crippen LogP contribution in [0.15, 0.2) is 41.6 Å². The van der Waals surface area contributed by atoms with Gasteiger partial charge >= 0.3 is 0 Å². The normalized spacial score (nSPS) is 10.5. The van der Waals surface area contributed by atoms with Crippen LogP contribution in [0, 0.1) is 0 Å². The molecule has 0 saturated carbocycles. The van der Waals surface area contributed by atoms with Gasteiger partial charge in [-0.1, -0.05) is 0 Å². The number of amides is 1. The molecule has 11 heteroatoms. The number of halogens is 2. The Bertz CT molecular complexity index is 767. The number of nitrogens with two attached hydrogens (primary N) is 1. The maximum absolute atomic E-state index is 12.3. The van der Waals surface area contributed by atoms with Gasteiger partial charge in [-0.25, -0.2) is 18.1 Å². The van der Waals surface area contributed by atoms with Gasteiger partial charge in [-0.2, -0.15) is 0 Å². The molecule has 0 radical (unpaired) electrons. The van der Waals surface area contributed by atoms with Crippen LogP contribution in [0.2, 0.25) is 0 Å². The number of imidazole rings is 1. The molecule has 1 amide bonds. The van der Waals surface area contributed by atoms with Crippen molar-refractivity contribution in [3.63, 3.8) is 0 Å². The highest BCUT2D eigenvalue weighted by Crippen LogP contribution is 2.12. The second-order valence-electron chi connectivity index (χ2n) is 5.26. The van der Waals surface area contributed by atoms with Crippen molar-refractivity contribution in [1.29, 1.82) is 0 Å². The second-order valence-corrected chi connectivity index (χ2v) is 7.03. The first-order valence-corrected chi connectivity index (χ1v) is 8.96. The minimum absolute atomic E-state index is 0. The SMILES string of the molecule is CN(Cc1ncc[nH]1)C(=O)c1ccc(S(=O)(=O)NCCCN)cc1.Cl.Cl. The number of hydrogen-bond acceptors (Lipinski definition) is 5. The maximum Gasteiger partial charge on any atom is 0.254 e. The molecule has 1 aromatic heterocycles. The lowest BCUT2D eigenvalue weighted by Crippen LogP contribution is -2.27. The lowest BCUT2D eigenvalue weighted by Gasteiger charge is -2.16. The molecule has 0 aliphatic carbocycles. The van der Waals surface area contributed by atoms with E-state index in [-0.39, 0.29) is 42.2 Å². The predicted octanol–water partition coefficient (Wildman–Crippen LogP) is 1.15. The van der Waals surface area contributed by atoms with E-state index in [4.69, 9.17) is 5.73 Å². The molecule has 1 aromatic carbocycles. The maximum atomic E-state index is 12.3. The quantitative estimate of drug-likeness (QED) is 0.549. The van der Waals surface area contributed by atoms with Crippen molar-refractivity contribution in [3.8, 4) is 0 Å². The number of H-pyrrole nitrogens is 1. The number of aromatic amines is 1. The lowest BCUT2D eigenvalue weighted by molar-refractivity contribution is 0.0782. The fourth-order valence-electron chi connectivity index (χ4n) is 2.07. The summed E-state index contributed by atoms with van der Waals surface area (Å²) in [6, 6.07) is 5.83. The van der Waals surface area contributed by atoms with E-state index in [1.807, 2.05) is 0 Å². The number of carbonyl (C=O) groups is 1. The Balaban J connectivity index is 0.00000312. The summed E-state index contributed by atoms with van der Waals surface area (Å²) in [5.41, 5.74) is 5.75. The number of benzene rings is 1. The fraction of sp³-hybridized carbons (Fsp3) is 0.333. The van der Waals surface area contributed by atoms with Gasteiger partial charge in [-0.3, -0.25) is 4.79 Å². The summed E-state index contributed by atoms with van der Waals surface area (Å²) in [7, 11) is -1.93. The van der Waals surface area contributed by atoms with E-state index >= 15 is 0 Å². The first kappa shape index (κ1) is 24.4. The van der Waals surface area contributed by atoms with E-state index in [9.17, 15) is 13.2 Å². The van der Waals surface area contributed by atoms with E-state index in [2.05, 4.69) is 14.7 Å². The van der Waals surface area contributed by atoms with Crippen molar-refractivity contribution in [3.05, 3.63) is 48.0 Å². The largest absolute Gasteiger partial charge is 0.347 e. The molecule has 0 aliphatic heterocycles. The first-order chi connectivity index (χ1) is 11.4. The zero-order valence-electron chi connectivity index (χ0n) is 14.2. The average Bonchev–Trinajstić information content (AvgIpc) is 3.07. The molecular weight excluding hydrogens is 401 g/mol. The van der Waals surface area contributed by atoms with Gasteiger partial charge in [-0.15, -0.1) is 24.8 Å². The van der Waals surface area contributed by atoms with E-state index in [1.54, 1.807) is 19.4 Å². The summed E-state index contributed by atoms with van der Waals surface area (Å²) < 4.78 is 26.6. The smallest absolute Gasteiger partial charge is 0.254 e. The third kappa shape index (κ3) is 6.58. The van der Waals surface area contributed by atoms with Gasteiger partial charge in [-0.05, 0) is 37.2 Å². The number of nitrogens with zero attached hydrogens (tertiary/aromatic N) is 2. The first-order valence-electron chi connectivity index (χ1n) is 7.47. The monoisotopic (exact) mass is 423 g/mol. The van der Waals surface area contributed by atoms with Crippen LogP contribution < -0.4 is 10.5 Å². The van der Waals surface area contributed by atoms with Gasteiger partial charge < -0.3 is 15.6 Å². The molecule has 0 bridgehead atoms. The van der Waals surface area contributed by atoms with Crippen LogP contribution in [0.5, 0.6) is 0 Å². The number of rotatable bonds is 8. The molecule has 0 unspecified atom stereocenters. The van der Waals surface area contributed by atoms with E-state index in [0.717, 1.165) is 0 Å². The van der Waals surface area contributed by atoms with Crippen molar-refractivity contribution in [1.82, 2.24) is 19.6 Å². The number of aromatic nitrogens is 2. The van der Waals surface area contributed by atoms with Gasteiger partial charge in [0.15, 0.2) is 0 Å². The van der Waals surface area contributed by atoms with E-state index < -0.39 is 10.0 Å². The van der Waals surface area contributed by atoms with Gasteiger partial charge in [0.05, 0.1) is 11.4 Å². The minimum atomic E-state index is -3.58. The van der Waals surface area contributed by atoms with Crippen molar-refractivity contribution >= 4 is 40.7 Å².